The highest BCUT2D eigenvalue weighted by atomic mass is 19.1. The Morgan fingerprint density at radius 1 is 1.17 bits per heavy atom. The Bertz CT molecular complexity index is 1320. The van der Waals surface area contributed by atoms with Crippen molar-refractivity contribution in [1.82, 2.24) is 26.0 Å². The second-order valence-corrected chi connectivity index (χ2v) is 11.4. The number of hydrogen-bond donors (Lipinski definition) is 3. The van der Waals surface area contributed by atoms with Gasteiger partial charge in [-0.15, -0.1) is 0 Å². The molecule has 3 N–H and O–H groups in total. The van der Waals surface area contributed by atoms with Crippen LogP contribution in [0.5, 0.6) is 0 Å². The summed E-state index contributed by atoms with van der Waals surface area (Å²) in [5.41, 5.74) is 8.66. The first-order valence-electron chi connectivity index (χ1n) is 14.2. The third kappa shape index (κ3) is 6.93. The molecule has 220 valence electrons. The van der Waals surface area contributed by atoms with E-state index in [0.717, 1.165) is 17.5 Å². The number of hydrazine groups is 1. The molecule has 0 radical (unpaired) electrons. The molecule has 10 heteroatoms. The van der Waals surface area contributed by atoms with E-state index in [0.29, 0.717) is 30.4 Å². The van der Waals surface area contributed by atoms with Crippen LogP contribution in [0.3, 0.4) is 0 Å². The topological polar surface area (TPSA) is 111 Å². The second kappa shape index (κ2) is 12.8. The molecule has 4 amide bonds. The molecule has 2 unspecified atom stereocenters. The van der Waals surface area contributed by atoms with Gasteiger partial charge in [0.15, 0.2) is 0 Å². The highest BCUT2D eigenvalue weighted by Crippen LogP contribution is 2.38. The van der Waals surface area contributed by atoms with Crippen molar-refractivity contribution in [2.24, 2.45) is 5.92 Å². The van der Waals surface area contributed by atoms with Gasteiger partial charge in [0.25, 0.3) is 5.91 Å². The van der Waals surface area contributed by atoms with Crippen LogP contribution in [-0.2, 0) is 20.8 Å². The lowest BCUT2D eigenvalue weighted by Crippen LogP contribution is -2.52. The maximum Gasteiger partial charge on any atom is 0.251 e. The first-order valence-corrected chi connectivity index (χ1v) is 14.2. The molecule has 0 aliphatic carbocycles. The van der Waals surface area contributed by atoms with Gasteiger partial charge in [0.2, 0.25) is 17.7 Å². The lowest BCUT2D eigenvalue weighted by molar-refractivity contribution is -0.138. The van der Waals surface area contributed by atoms with Crippen LogP contribution in [0, 0.1) is 18.7 Å². The molecule has 0 aromatic heterocycles. The number of carbonyl (C=O) groups excluding carboxylic acids is 4. The normalized spacial score (nSPS) is 23.1. The summed E-state index contributed by atoms with van der Waals surface area (Å²) in [7, 11) is 1.71. The van der Waals surface area contributed by atoms with Crippen molar-refractivity contribution in [1.29, 1.82) is 0 Å². The monoisotopic (exact) mass is 565 g/mol. The molecule has 0 bridgehead atoms. The number of nitrogens with zero attached hydrogens (tertiary/aromatic N) is 2. The van der Waals surface area contributed by atoms with E-state index in [4.69, 9.17) is 0 Å². The molecular formula is C31H40FN5O4. The predicted molar refractivity (Wildman–Crippen MR) is 153 cm³/mol. The fraction of sp³-hybridized carbons (Fsp3) is 0.484. The van der Waals surface area contributed by atoms with Crippen molar-refractivity contribution in [2.45, 2.75) is 77.5 Å². The molecule has 5 atom stereocenters. The van der Waals surface area contributed by atoms with Crippen LogP contribution in [0.15, 0.2) is 42.5 Å². The van der Waals surface area contributed by atoms with Gasteiger partial charge in [-0.25, -0.2) is 9.82 Å². The maximum absolute atomic E-state index is 14.1. The van der Waals surface area contributed by atoms with E-state index in [-0.39, 0.29) is 66.1 Å². The third-order valence-electron chi connectivity index (χ3n) is 8.54. The van der Waals surface area contributed by atoms with Crippen molar-refractivity contribution >= 4 is 23.6 Å². The van der Waals surface area contributed by atoms with E-state index in [1.807, 2.05) is 26.8 Å². The third-order valence-corrected chi connectivity index (χ3v) is 8.54. The molecule has 2 aliphatic heterocycles. The highest BCUT2D eigenvalue weighted by Gasteiger charge is 2.41. The molecule has 2 aliphatic rings. The summed E-state index contributed by atoms with van der Waals surface area (Å²) in [5.74, 6) is -1.35. The first kappa shape index (κ1) is 30.2. The van der Waals surface area contributed by atoms with E-state index >= 15 is 0 Å². The lowest BCUT2D eigenvalue weighted by atomic mass is 9.89. The summed E-state index contributed by atoms with van der Waals surface area (Å²) in [6.07, 6.45) is 2.58. The van der Waals surface area contributed by atoms with Gasteiger partial charge < -0.3 is 15.1 Å². The van der Waals surface area contributed by atoms with Gasteiger partial charge in [0.1, 0.15) is 5.82 Å². The number of likely N-dealkylation sites (N-methyl/N-ethyl adjacent to an activating group) is 1. The number of halogens is 1. The van der Waals surface area contributed by atoms with E-state index in [1.165, 1.54) is 19.1 Å². The van der Waals surface area contributed by atoms with Crippen LogP contribution >= 0.6 is 0 Å². The number of likely N-dealkylation sites (tertiary alicyclic amines) is 1. The summed E-state index contributed by atoms with van der Waals surface area (Å²) in [5, 5.41) is 2.75. The fourth-order valence-electron chi connectivity index (χ4n) is 6.00. The Balaban J connectivity index is 1.46. The predicted octanol–water partition coefficient (Wildman–Crippen LogP) is 3.03. The Morgan fingerprint density at radius 3 is 2.61 bits per heavy atom. The molecule has 2 fully saturated rings. The largest absolute Gasteiger partial charge is 0.343 e. The second-order valence-electron chi connectivity index (χ2n) is 11.4. The fourth-order valence-corrected chi connectivity index (χ4v) is 6.00. The molecule has 0 spiro atoms. The van der Waals surface area contributed by atoms with Crippen molar-refractivity contribution in [2.75, 3.05) is 13.6 Å². The molecule has 0 saturated carbocycles. The maximum atomic E-state index is 14.1. The number of carbonyl (C=O) groups is 4. The zero-order valence-corrected chi connectivity index (χ0v) is 24.4. The molecular weight excluding hydrogens is 525 g/mol. The number of aryl methyl sites for hydroxylation is 1. The zero-order valence-electron chi connectivity index (χ0n) is 24.4. The standard InChI is InChI=1S/C31H40FN5O4/c1-18-13-24(10-9-22(18)15-25-14-19(2)34-35-31(25)41)30(40)33-17-29(39)37-27(20(3)36(5)21(4)38)11-12-28(37)23-7-6-8-26(32)16-23/h6-10,13,16,19-20,25,27-28,34H,11-12,14-15,17H2,1-5H3,(H,33,40)(H,35,41)/t19?,20-,25?,27+,28-/m0/s1. The number of amides is 4. The summed E-state index contributed by atoms with van der Waals surface area (Å²) in [4.78, 5) is 54.3. The van der Waals surface area contributed by atoms with E-state index in [2.05, 4.69) is 16.2 Å². The Labute approximate surface area is 240 Å². The minimum atomic E-state index is -0.381. The van der Waals surface area contributed by atoms with Gasteiger partial charge in [-0.3, -0.25) is 24.6 Å². The van der Waals surface area contributed by atoms with Crippen LogP contribution in [0.25, 0.3) is 0 Å². The summed E-state index contributed by atoms with van der Waals surface area (Å²) in [6, 6.07) is 10.8. The van der Waals surface area contributed by atoms with Gasteiger partial charge in [-0.05, 0) is 87.4 Å². The minimum absolute atomic E-state index is 0.0385. The number of nitrogens with one attached hydrogen (secondary N) is 3. The average molecular weight is 566 g/mol. The van der Waals surface area contributed by atoms with Crippen molar-refractivity contribution < 1.29 is 23.6 Å². The van der Waals surface area contributed by atoms with Gasteiger partial charge in [-0.2, -0.15) is 0 Å². The van der Waals surface area contributed by atoms with Crippen LogP contribution in [-0.4, -0.2) is 65.1 Å². The van der Waals surface area contributed by atoms with E-state index in [9.17, 15) is 23.6 Å². The Morgan fingerprint density at radius 2 is 1.93 bits per heavy atom. The molecule has 2 aromatic rings. The van der Waals surface area contributed by atoms with Gasteiger partial charge in [0.05, 0.1) is 18.6 Å². The zero-order chi connectivity index (χ0) is 29.8. The molecule has 4 rings (SSSR count). The van der Waals surface area contributed by atoms with Gasteiger partial charge in [-0.1, -0.05) is 18.2 Å². The summed E-state index contributed by atoms with van der Waals surface area (Å²) >= 11 is 0. The smallest absolute Gasteiger partial charge is 0.251 e. The van der Waals surface area contributed by atoms with Crippen molar-refractivity contribution in [3.05, 3.63) is 70.5 Å². The number of hydrogen-bond acceptors (Lipinski definition) is 5. The molecule has 2 saturated heterocycles. The van der Waals surface area contributed by atoms with Crippen LogP contribution in [0.1, 0.15) is 73.1 Å². The van der Waals surface area contributed by atoms with Crippen molar-refractivity contribution in [3.63, 3.8) is 0 Å². The average Bonchev–Trinajstić information content (AvgIpc) is 3.39. The van der Waals surface area contributed by atoms with Crippen LogP contribution < -0.4 is 16.2 Å². The van der Waals surface area contributed by atoms with E-state index in [1.54, 1.807) is 41.1 Å². The van der Waals surface area contributed by atoms with Gasteiger partial charge >= 0.3 is 0 Å². The molecule has 41 heavy (non-hydrogen) atoms. The van der Waals surface area contributed by atoms with Crippen molar-refractivity contribution in [3.8, 4) is 0 Å². The molecule has 9 nitrogen and oxygen atoms in total. The molecule has 2 aromatic carbocycles. The van der Waals surface area contributed by atoms with Crippen LogP contribution in [0.2, 0.25) is 0 Å². The Hall–Kier alpha value is -3.79. The number of benzene rings is 2. The summed E-state index contributed by atoms with van der Waals surface area (Å²) in [6.45, 7) is 7.08. The minimum Gasteiger partial charge on any atom is -0.343 e. The quantitative estimate of drug-likeness (QED) is 0.456. The Kier molecular flexibility index (Phi) is 9.42. The molecule has 2 heterocycles. The van der Waals surface area contributed by atoms with Gasteiger partial charge in [0, 0.05) is 37.5 Å². The lowest BCUT2D eigenvalue weighted by Gasteiger charge is -2.37. The SMILES string of the molecule is CC(=O)N(C)[C@@H](C)[C@H]1CC[C@@H](c2cccc(F)c2)N1C(=O)CNC(=O)c1ccc(CC2CC(C)NNC2=O)c(C)c1. The summed E-state index contributed by atoms with van der Waals surface area (Å²) < 4.78 is 14.1. The number of rotatable bonds is 8. The first-order chi connectivity index (χ1) is 19.5. The van der Waals surface area contributed by atoms with Crippen LogP contribution in [0.4, 0.5) is 4.39 Å². The van der Waals surface area contributed by atoms with E-state index < -0.39 is 0 Å². The highest BCUT2D eigenvalue weighted by molar-refractivity contribution is 5.96.